The van der Waals surface area contributed by atoms with Crippen molar-refractivity contribution < 1.29 is 9.21 Å². The standard InChI is InChI=1S/C22H26N6O2/c1-5-15-10-14-11-28(9-6-16(14)26-25-15)21(29)17-13(2)30-20-18(17)19(23-12-24-20)27(4)22(3)7-8-22/h10,12H,5-9,11H2,1-4H3. The average Bonchev–Trinajstić information content (AvgIpc) is 3.42. The van der Waals surface area contributed by atoms with Crippen molar-refractivity contribution in [1.82, 2.24) is 25.1 Å². The molecule has 1 saturated carbocycles. The van der Waals surface area contributed by atoms with Crippen LogP contribution in [0.5, 0.6) is 0 Å². The van der Waals surface area contributed by atoms with E-state index in [2.05, 4.69) is 45.0 Å². The normalized spacial score (nSPS) is 17.1. The fraction of sp³-hybridized carbons (Fsp3) is 0.500. The van der Waals surface area contributed by atoms with E-state index in [-0.39, 0.29) is 11.4 Å². The van der Waals surface area contributed by atoms with E-state index in [1.807, 2.05) is 18.9 Å². The molecule has 2 aliphatic rings. The summed E-state index contributed by atoms with van der Waals surface area (Å²) in [6, 6.07) is 2.07. The third-order valence-corrected chi connectivity index (χ3v) is 6.60. The predicted octanol–water partition coefficient (Wildman–Crippen LogP) is 3.07. The van der Waals surface area contributed by atoms with E-state index in [1.165, 1.54) is 6.33 Å². The maximum absolute atomic E-state index is 13.7. The van der Waals surface area contributed by atoms with Crippen LogP contribution in [0.1, 0.15) is 59.8 Å². The number of furan rings is 1. The molecular formula is C22H26N6O2. The lowest BCUT2D eigenvalue weighted by Gasteiger charge is -2.29. The van der Waals surface area contributed by atoms with Gasteiger partial charge in [0.2, 0.25) is 5.71 Å². The summed E-state index contributed by atoms with van der Waals surface area (Å²) >= 11 is 0. The predicted molar refractivity (Wildman–Crippen MR) is 112 cm³/mol. The topological polar surface area (TPSA) is 88.2 Å². The van der Waals surface area contributed by atoms with Gasteiger partial charge in [-0.05, 0) is 44.7 Å². The summed E-state index contributed by atoms with van der Waals surface area (Å²) in [5.41, 5.74) is 4.11. The molecule has 0 aromatic carbocycles. The second-order valence-electron chi connectivity index (χ2n) is 8.60. The van der Waals surface area contributed by atoms with Crippen molar-refractivity contribution >= 4 is 22.8 Å². The molecule has 5 rings (SSSR count). The molecular weight excluding hydrogens is 380 g/mol. The molecule has 1 fully saturated rings. The summed E-state index contributed by atoms with van der Waals surface area (Å²) in [4.78, 5) is 26.5. The van der Waals surface area contributed by atoms with Crippen LogP contribution in [0.15, 0.2) is 16.8 Å². The number of carbonyl (C=O) groups excluding carboxylic acids is 1. The first-order valence-electron chi connectivity index (χ1n) is 10.5. The Balaban J connectivity index is 1.54. The van der Waals surface area contributed by atoms with Gasteiger partial charge in [-0.15, -0.1) is 0 Å². The van der Waals surface area contributed by atoms with Crippen LogP contribution >= 0.6 is 0 Å². The lowest BCUT2D eigenvalue weighted by Crippen LogP contribution is -2.37. The van der Waals surface area contributed by atoms with Gasteiger partial charge in [0.05, 0.1) is 22.3 Å². The third kappa shape index (κ3) is 2.93. The maximum atomic E-state index is 13.7. The van der Waals surface area contributed by atoms with Crippen LogP contribution in [0.4, 0.5) is 5.82 Å². The first-order valence-corrected chi connectivity index (χ1v) is 10.5. The molecule has 8 heteroatoms. The molecule has 30 heavy (non-hydrogen) atoms. The SMILES string of the molecule is CCc1cc2c(nn1)CCN(C(=O)c1c(C)oc3ncnc(N(C)C4(C)CC4)c13)C2. The van der Waals surface area contributed by atoms with E-state index in [0.29, 0.717) is 41.9 Å². The number of anilines is 1. The number of hydrogen-bond donors (Lipinski definition) is 0. The van der Waals surface area contributed by atoms with Crippen molar-refractivity contribution in [3.05, 3.63) is 40.7 Å². The first kappa shape index (κ1) is 19.0. The van der Waals surface area contributed by atoms with Gasteiger partial charge in [-0.25, -0.2) is 9.97 Å². The summed E-state index contributed by atoms with van der Waals surface area (Å²) in [6.07, 6.45) is 5.26. The zero-order valence-corrected chi connectivity index (χ0v) is 17.9. The van der Waals surface area contributed by atoms with E-state index in [9.17, 15) is 4.79 Å². The summed E-state index contributed by atoms with van der Waals surface area (Å²) in [6.45, 7) is 7.23. The van der Waals surface area contributed by atoms with Crippen molar-refractivity contribution in [2.45, 2.75) is 58.5 Å². The number of rotatable bonds is 4. The minimum Gasteiger partial charge on any atom is -0.442 e. The Hall–Kier alpha value is -3.03. The zero-order valence-electron chi connectivity index (χ0n) is 17.9. The highest BCUT2D eigenvalue weighted by Crippen LogP contribution is 2.44. The first-order chi connectivity index (χ1) is 14.4. The molecule has 0 radical (unpaired) electrons. The van der Waals surface area contributed by atoms with E-state index >= 15 is 0 Å². The summed E-state index contributed by atoms with van der Waals surface area (Å²) in [5.74, 6) is 1.30. The van der Waals surface area contributed by atoms with Crippen molar-refractivity contribution in [3.8, 4) is 0 Å². The molecule has 3 aromatic heterocycles. The minimum atomic E-state index is -0.0443. The van der Waals surface area contributed by atoms with E-state index in [1.54, 1.807) is 0 Å². The molecule has 0 spiro atoms. The minimum absolute atomic E-state index is 0.0443. The Morgan fingerprint density at radius 2 is 2.10 bits per heavy atom. The number of aromatic nitrogens is 4. The van der Waals surface area contributed by atoms with Crippen molar-refractivity contribution in [2.24, 2.45) is 0 Å². The molecule has 1 aliphatic heterocycles. The quantitative estimate of drug-likeness (QED) is 0.658. The molecule has 0 N–H and O–H groups in total. The van der Waals surface area contributed by atoms with Crippen molar-refractivity contribution in [2.75, 3.05) is 18.5 Å². The largest absolute Gasteiger partial charge is 0.442 e. The Bertz CT molecular complexity index is 1150. The molecule has 0 bridgehead atoms. The lowest BCUT2D eigenvalue weighted by molar-refractivity contribution is 0.0733. The van der Waals surface area contributed by atoms with Gasteiger partial charge in [0.25, 0.3) is 5.91 Å². The molecule has 3 aromatic rings. The van der Waals surface area contributed by atoms with Crippen LogP contribution in [0.2, 0.25) is 0 Å². The number of amides is 1. The number of aryl methyl sites for hydroxylation is 2. The number of carbonyl (C=O) groups is 1. The van der Waals surface area contributed by atoms with Crippen LogP contribution in [0.25, 0.3) is 11.1 Å². The van der Waals surface area contributed by atoms with Gasteiger partial charge in [0.15, 0.2) is 0 Å². The van der Waals surface area contributed by atoms with E-state index in [4.69, 9.17) is 4.42 Å². The van der Waals surface area contributed by atoms with Gasteiger partial charge in [-0.3, -0.25) is 4.79 Å². The number of nitrogens with zero attached hydrogens (tertiary/aromatic N) is 6. The highest BCUT2D eigenvalue weighted by molar-refractivity contribution is 6.10. The van der Waals surface area contributed by atoms with Gasteiger partial charge in [0.1, 0.15) is 17.9 Å². The molecule has 1 amide bonds. The smallest absolute Gasteiger partial charge is 0.258 e. The summed E-state index contributed by atoms with van der Waals surface area (Å²) < 4.78 is 5.89. The highest BCUT2D eigenvalue weighted by Gasteiger charge is 2.43. The molecule has 0 saturated heterocycles. The molecule has 1 aliphatic carbocycles. The third-order valence-electron chi connectivity index (χ3n) is 6.60. The summed E-state index contributed by atoms with van der Waals surface area (Å²) in [5, 5.41) is 9.32. The number of fused-ring (bicyclic) bond motifs is 2. The van der Waals surface area contributed by atoms with E-state index < -0.39 is 0 Å². The molecule has 8 nitrogen and oxygen atoms in total. The van der Waals surface area contributed by atoms with E-state index in [0.717, 1.165) is 42.0 Å². The summed E-state index contributed by atoms with van der Waals surface area (Å²) in [7, 11) is 2.04. The Labute approximate surface area is 175 Å². The molecule has 4 heterocycles. The van der Waals surface area contributed by atoms with Gasteiger partial charge < -0.3 is 14.2 Å². The highest BCUT2D eigenvalue weighted by atomic mass is 16.3. The number of hydrogen-bond acceptors (Lipinski definition) is 7. The van der Waals surface area contributed by atoms with Gasteiger partial charge >= 0.3 is 0 Å². The van der Waals surface area contributed by atoms with Gasteiger partial charge in [-0.2, -0.15) is 10.2 Å². The van der Waals surface area contributed by atoms with Gasteiger partial charge in [-0.1, -0.05) is 6.92 Å². The Morgan fingerprint density at radius 1 is 1.30 bits per heavy atom. The van der Waals surface area contributed by atoms with Crippen LogP contribution in [-0.2, 0) is 19.4 Å². The lowest BCUT2D eigenvalue weighted by atomic mass is 10.0. The van der Waals surface area contributed by atoms with Crippen molar-refractivity contribution in [3.63, 3.8) is 0 Å². The fourth-order valence-corrected chi connectivity index (χ4v) is 4.19. The molecule has 0 unspecified atom stereocenters. The van der Waals surface area contributed by atoms with Crippen LogP contribution in [-0.4, -0.2) is 50.1 Å². The zero-order chi connectivity index (χ0) is 21.0. The van der Waals surface area contributed by atoms with Crippen LogP contribution < -0.4 is 4.90 Å². The molecule has 0 atom stereocenters. The second kappa shape index (κ2) is 6.75. The molecule has 156 valence electrons. The van der Waals surface area contributed by atoms with Crippen LogP contribution in [0, 0.1) is 6.92 Å². The Kier molecular flexibility index (Phi) is 4.27. The fourth-order valence-electron chi connectivity index (χ4n) is 4.19. The second-order valence-corrected chi connectivity index (χ2v) is 8.60. The Morgan fingerprint density at radius 3 is 2.83 bits per heavy atom. The van der Waals surface area contributed by atoms with Crippen LogP contribution in [0.3, 0.4) is 0 Å². The van der Waals surface area contributed by atoms with Gasteiger partial charge in [0, 0.05) is 32.1 Å². The van der Waals surface area contributed by atoms with Crippen molar-refractivity contribution in [1.29, 1.82) is 0 Å². The average molecular weight is 406 g/mol. The maximum Gasteiger partial charge on any atom is 0.258 e. The monoisotopic (exact) mass is 406 g/mol.